The summed E-state index contributed by atoms with van der Waals surface area (Å²) in [5.74, 6) is 0.153. The minimum absolute atomic E-state index is 0. The van der Waals surface area contributed by atoms with Crippen LogP contribution >= 0.6 is 23.7 Å². The first-order valence-corrected chi connectivity index (χ1v) is 8.05. The molecule has 1 aromatic carbocycles. The van der Waals surface area contributed by atoms with Crippen LogP contribution < -0.4 is 5.73 Å². The highest BCUT2D eigenvalue weighted by molar-refractivity contribution is 7.08. The number of rotatable bonds is 3. The fourth-order valence-corrected chi connectivity index (χ4v) is 3.26. The summed E-state index contributed by atoms with van der Waals surface area (Å²) in [5.41, 5.74) is 8.65. The number of thiophene rings is 1. The third kappa shape index (κ3) is 4.00. The fraction of sp³-hybridized carbons (Fsp3) is 0.312. The average Bonchev–Trinajstić information content (AvgIpc) is 3.01. The number of hydrogen-bond acceptors (Lipinski definition) is 4. The normalized spacial score (nSPS) is 15.4. The standard InChI is InChI=1S/C16H19N3OS.ClH/c17-15-3-1-2-13(10-15)11-18-5-7-19(8-6-18)16(20)14-4-9-21-12-14;/h1-4,9-10,12H,5-8,11,17H2;1H. The molecule has 1 aliphatic heterocycles. The van der Waals surface area contributed by atoms with Crippen LogP contribution in [-0.4, -0.2) is 41.9 Å². The first kappa shape index (κ1) is 16.8. The Kier molecular flexibility index (Phi) is 5.83. The highest BCUT2D eigenvalue weighted by atomic mass is 35.5. The van der Waals surface area contributed by atoms with Gasteiger partial charge in [0.2, 0.25) is 0 Å². The molecule has 2 aromatic rings. The van der Waals surface area contributed by atoms with Crippen LogP contribution in [0.1, 0.15) is 15.9 Å². The summed E-state index contributed by atoms with van der Waals surface area (Å²) in [6, 6.07) is 9.90. The lowest BCUT2D eigenvalue weighted by molar-refractivity contribution is 0.0629. The SMILES string of the molecule is Cl.Nc1cccc(CN2CCN(C(=O)c3ccsc3)CC2)c1. The summed E-state index contributed by atoms with van der Waals surface area (Å²) in [6.45, 7) is 4.29. The van der Waals surface area contributed by atoms with E-state index < -0.39 is 0 Å². The van der Waals surface area contributed by atoms with Gasteiger partial charge < -0.3 is 10.6 Å². The Labute approximate surface area is 140 Å². The Hall–Kier alpha value is -1.56. The van der Waals surface area contributed by atoms with Gasteiger partial charge >= 0.3 is 0 Å². The largest absolute Gasteiger partial charge is 0.399 e. The van der Waals surface area contributed by atoms with E-state index in [2.05, 4.69) is 11.0 Å². The second-order valence-electron chi connectivity index (χ2n) is 5.33. The number of piperazine rings is 1. The molecule has 0 unspecified atom stereocenters. The van der Waals surface area contributed by atoms with Crippen LogP contribution in [0.2, 0.25) is 0 Å². The van der Waals surface area contributed by atoms with Crippen LogP contribution in [0.4, 0.5) is 5.69 Å². The molecule has 2 heterocycles. The summed E-state index contributed by atoms with van der Waals surface area (Å²) in [6.07, 6.45) is 0. The van der Waals surface area contributed by atoms with Gasteiger partial charge in [0.25, 0.3) is 5.91 Å². The monoisotopic (exact) mass is 337 g/mol. The van der Waals surface area contributed by atoms with Crippen LogP contribution in [0.15, 0.2) is 41.1 Å². The van der Waals surface area contributed by atoms with E-state index in [-0.39, 0.29) is 18.3 Å². The van der Waals surface area contributed by atoms with Gasteiger partial charge in [-0.2, -0.15) is 11.3 Å². The number of nitrogens with zero attached hydrogens (tertiary/aromatic N) is 2. The van der Waals surface area contributed by atoms with Crippen LogP contribution in [0.5, 0.6) is 0 Å². The molecule has 0 bridgehead atoms. The Morgan fingerprint density at radius 3 is 2.59 bits per heavy atom. The predicted octanol–water partition coefficient (Wildman–Crippen LogP) is 2.71. The van der Waals surface area contributed by atoms with E-state index >= 15 is 0 Å². The van der Waals surface area contributed by atoms with E-state index in [1.807, 2.05) is 39.9 Å². The lowest BCUT2D eigenvalue weighted by Crippen LogP contribution is -2.48. The van der Waals surface area contributed by atoms with Crippen molar-refractivity contribution in [1.82, 2.24) is 9.80 Å². The van der Waals surface area contributed by atoms with Crippen molar-refractivity contribution in [3.05, 3.63) is 52.2 Å². The highest BCUT2D eigenvalue weighted by Crippen LogP contribution is 2.14. The van der Waals surface area contributed by atoms with E-state index in [0.29, 0.717) is 0 Å². The number of benzene rings is 1. The Morgan fingerprint density at radius 1 is 1.18 bits per heavy atom. The zero-order valence-corrected chi connectivity index (χ0v) is 13.9. The molecule has 1 amide bonds. The predicted molar refractivity (Wildman–Crippen MR) is 93.6 cm³/mol. The van der Waals surface area contributed by atoms with Crippen molar-refractivity contribution in [2.75, 3.05) is 31.9 Å². The van der Waals surface area contributed by atoms with Crippen molar-refractivity contribution >= 4 is 35.3 Å². The highest BCUT2D eigenvalue weighted by Gasteiger charge is 2.22. The zero-order chi connectivity index (χ0) is 14.7. The number of hydrogen-bond donors (Lipinski definition) is 1. The summed E-state index contributed by atoms with van der Waals surface area (Å²) in [5, 5.41) is 3.87. The molecule has 22 heavy (non-hydrogen) atoms. The molecule has 4 nitrogen and oxygen atoms in total. The van der Waals surface area contributed by atoms with Gasteiger partial charge in [-0.25, -0.2) is 0 Å². The molecule has 0 atom stereocenters. The molecule has 3 rings (SSSR count). The number of nitrogens with two attached hydrogens (primary N) is 1. The molecular formula is C16H20ClN3OS. The van der Waals surface area contributed by atoms with E-state index in [0.717, 1.165) is 44.0 Å². The lowest BCUT2D eigenvalue weighted by Gasteiger charge is -2.34. The van der Waals surface area contributed by atoms with Crippen molar-refractivity contribution in [3.8, 4) is 0 Å². The smallest absolute Gasteiger partial charge is 0.254 e. The molecule has 1 aliphatic rings. The van der Waals surface area contributed by atoms with Crippen LogP contribution in [0.25, 0.3) is 0 Å². The van der Waals surface area contributed by atoms with Gasteiger partial charge in [-0.05, 0) is 29.1 Å². The Bertz CT molecular complexity index is 610. The maximum absolute atomic E-state index is 12.3. The second kappa shape index (κ2) is 7.63. The number of carbonyl (C=O) groups excluding carboxylic acids is 1. The fourth-order valence-electron chi connectivity index (χ4n) is 2.63. The molecule has 1 saturated heterocycles. The minimum atomic E-state index is 0. The molecule has 0 radical (unpaired) electrons. The van der Waals surface area contributed by atoms with E-state index in [9.17, 15) is 4.79 Å². The third-order valence-corrected chi connectivity index (χ3v) is 4.47. The molecule has 1 fully saturated rings. The van der Waals surface area contributed by atoms with E-state index in [1.54, 1.807) is 11.3 Å². The van der Waals surface area contributed by atoms with Crippen LogP contribution in [-0.2, 0) is 6.54 Å². The average molecular weight is 338 g/mol. The molecule has 2 N–H and O–H groups in total. The first-order valence-electron chi connectivity index (χ1n) is 7.10. The van der Waals surface area contributed by atoms with Crippen molar-refractivity contribution in [1.29, 1.82) is 0 Å². The number of nitrogen functional groups attached to an aromatic ring is 1. The summed E-state index contributed by atoms with van der Waals surface area (Å²) < 4.78 is 0. The molecule has 0 saturated carbocycles. The minimum Gasteiger partial charge on any atom is -0.399 e. The van der Waals surface area contributed by atoms with Crippen LogP contribution in [0, 0.1) is 0 Å². The molecule has 0 aliphatic carbocycles. The Balaban J connectivity index is 0.00000176. The maximum atomic E-state index is 12.3. The lowest BCUT2D eigenvalue weighted by atomic mass is 10.1. The van der Waals surface area contributed by atoms with Gasteiger partial charge in [0.15, 0.2) is 0 Å². The van der Waals surface area contributed by atoms with E-state index in [4.69, 9.17) is 5.73 Å². The molecular weight excluding hydrogens is 318 g/mol. The third-order valence-electron chi connectivity index (χ3n) is 3.78. The summed E-state index contributed by atoms with van der Waals surface area (Å²) in [7, 11) is 0. The van der Waals surface area contributed by atoms with Crippen molar-refractivity contribution in [3.63, 3.8) is 0 Å². The number of carbonyl (C=O) groups is 1. The van der Waals surface area contributed by atoms with Gasteiger partial charge in [0.1, 0.15) is 0 Å². The topological polar surface area (TPSA) is 49.6 Å². The first-order chi connectivity index (χ1) is 10.2. The van der Waals surface area contributed by atoms with Gasteiger partial charge in [-0.1, -0.05) is 12.1 Å². The molecule has 6 heteroatoms. The maximum Gasteiger partial charge on any atom is 0.254 e. The van der Waals surface area contributed by atoms with Gasteiger partial charge in [0.05, 0.1) is 5.56 Å². The van der Waals surface area contributed by atoms with E-state index in [1.165, 1.54) is 5.56 Å². The van der Waals surface area contributed by atoms with Crippen molar-refractivity contribution in [2.45, 2.75) is 6.54 Å². The number of amides is 1. The van der Waals surface area contributed by atoms with Gasteiger partial charge in [-0.3, -0.25) is 9.69 Å². The quantitative estimate of drug-likeness (QED) is 0.876. The molecule has 118 valence electrons. The summed E-state index contributed by atoms with van der Waals surface area (Å²) in [4.78, 5) is 16.6. The van der Waals surface area contributed by atoms with Gasteiger partial charge in [0, 0.05) is 43.8 Å². The van der Waals surface area contributed by atoms with Gasteiger partial charge in [-0.15, -0.1) is 12.4 Å². The molecule has 0 spiro atoms. The van der Waals surface area contributed by atoms with Crippen molar-refractivity contribution < 1.29 is 4.79 Å². The van der Waals surface area contributed by atoms with Crippen LogP contribution in [0.3, 0.4) is 0 Å². The second-order valence-corrected chi connectivity index (χ2v) is 6.11. The molecule has 1 aromatic heterocycles. The Morgan fingerprint density at radius 2 is 1.95 bits per heavy atom. The summed E-state index contributed by atoms with van der Waals surface area (Å²) >= 11 is 1.57. The number of anilines is 1. The number of halogens is 1. The van der Waals surface area contributed by atoms with Crippen molar-refractivity contribution in [2.24, 2.45) is 0 Å². The zero-order valence-electron chi connectivity index (χ0n) is 12.3.